The molecular formula is C32H36N2O5. The van der Waals surface area contributed by atoms with E-state index < -0.39 is 17.9 Å². The number of fused-ring (bicyclic) bond motifs is 2. The van der Waals surface area contributed by atoms with E-state index in [-0.39, 0.29) is 0 Å². The zero-order chi connectivity index (χ0) is 27.7. The molecule has 0 radical (unpaired) electrons. The highest BCUT2D eigenvalue weighted by Gasteiger charge is 2.38. The van der Waals surface area contributed by atoms with Gasteiger partial charge in [-0.05, 0) is 70.1 Å². The van der Waals surface area contributed by atoms with Gasteiger partial charge in [0.25, 0.3) is 0 Å². The minimum absolute atomic E-state index is 0.430. The third-order valence-corrected chi connectivity index (χ3v) is 6.81. The largest absolute Gasteiger partial charge is 0.497 e. The van der Waals surface area contributed by atoms with Gasteiger partial charge in [-0.15, -0.1) is 0 Å². The van der Waals surface area contributed by atoms with Gasteiger partial charge in [-0.25, -0.2) is 9.69 Å². The van der Waals surface area contributed by atoms with E-state index in [2.05, 4.69) is 30.1 Å². The minimum Gasteiger partial charge on any atom is -0.497 e. The van der Waals surface area contributed by atoms with Crippen molar-refractivity contribution < 1.29 is 23.4 Å². The molecule has 1 amide bonds. The van der Waals surface area contributed by atoms with Crippen LogP contribution in [-0.2, 0) is 24.2 Å². The standard InChI is InChI=1S/C32H36N2O5/c1-21-26(20-33(5)19-22-14-16-24(36-6)17-15-22)25-11-9-13-28(30(25)37-21)38-29-18-23-10-7-8-12-27(23)34(29)31(35)39-32(2,3)4/h7-17,29H,18-20H2,1-6H3. The van der Waals surface area contributed by atoms with Crippen molar-refractivity contribution in [3.8, 4) is 11.5 Å². The van der Waals surface area contributed by atoms with E-state index in [1.54, 1.807) is 12.0 Å². The maximum atomic E-state index is 13.2. The molecule has 1 unspecified atom stereocenters. The van der Waals surface area contributed by atoms with Gasteiger partial charge in [-0.1, -0.05) is 42.5 Å². The van der Waals surface area contributed by atoms with Crippen LogP contribution >= 0.6 is 0 Å². The zero-order valence-electron chi connectivity index (χ0n) is 23.5. The quantitative estimate of drug-likeness (QED) is 0.255. The average Bonchev–Trinajstić information content (AvgIpc) is 3.41. The van der Waals surface area contributed by atoms with Gasteiger partial charge in [-0.2, -0.15) is 0 Å². The molecule has 3 aromatic carbocycles. The van der Waals surface area contributed by atoms with Gasteiger partial charge in [0.2, 0.25) is 0 Å². The summed E-state index contributed by atoms with van der Waals surface area (Å²) in [5, 5.41) is 1.01. The molecular weight excluding hydrogens is 492 g/mol. The Hall–Kier alpha value is -3.97. The summed E-state index contributed by atoms with van der Waals surface area (Å²) in [5.74, 6) is 2.30. The number of anilines is 1. The molecule has 39 heavy (non-hydrogen) atoms. The summed E-state index contributed by atoms with van der Waals surface area (Å²) in [6.45, 7) is 9.08. The molecule has 1 aliphatic heterocycles. The molecule has 204 valence electrons. The van der Waals surface area contributed by atoms with Crippen molar-refractivity contribution in [2.45, 2.75) is 59.0 Å². The number of methoxy groups -OCH3 is 1. The monoisotopic (exact) mass is 528 g/mol. The van der Waals surface area contributed by atoms with Crippen LogP contribution in [0.25, 0.3) is 11.0 Å². The Labute approximate surface area is 229 Å². The molecule has 2 heterocycles. The Morgan fingerprint density at radius 2 is 1.77 bits per heavy atom. The molecule has 0 spiro atoms. The molecule has 5 rings (SSSR count). The van der Waals surface area contributed by atoms with Crippen LogP contribution in [0.2, 0.25) is 0 Å². The number of carbonyl (C=O) groups is 1. The zero-order valence-corrected chi connectivity index (χ0v) is 23.5. The second kappa shape index (κ2) is 10.7. The number of carbonyl (C=O) groups excluding carboxylic acids is 1. The number of aryl methyl sites for hydroxylation is 1. The molecule has 0 saturated carbocycles. The van der Waals surface area contributed by atoms with Gasteiger partial charge in [0.05, 0.1) is 12.8 Å². The predicted octanol–water partition coefficient (Wildman–Crippen LogP) is 7.08. The summed E-state index contributed by atoms with van der Waals surface area (Å²) in [6.07, 6.45) is -0.418. The van der Waals surface area contributed by atoms with Crippen LogP contribution in [0.5, 0.6) is 11.5 Å². The molecule has 4 aromatic rings. The summed E-state index contributed by atoms with van der Waals surface area (Å²) in [5.41, 5.74) is 4.23. The fourth-order valence-electron chi connectivity index (χ4n) is 5.04. The first kappa shape index (κ1) is 26.6. The summed E-state index contributed by atoms with van der Waals surface area (Å²) in [6, 6.07) is 21.9. The van der Waals surface area contributed by atoms with Crippen LogP contribution in [-0.4, -0.2) is 37.0 Å². The Balaban J connectivity index is 1.39. The van der Waals surface area contributed by atoms with Crippen LogP contribution in [0.1, 0.15) is 43.2 Å². The number of nitrogens with zero attached hydrogens (tertiary/aromatic N) is 2. The van der Waals surface area contributed by atoms with Gasteiger partial charge >= 0.3 is 6.09 Å². The van der Waals surface area contributed by atoms with E-state index in [1.807, 2.05) is 76.2 Å². The van der Waals surface area contributed by atoms with Crippen molar-refractivity contribution in [1.29, 1.82) is 0 Å². The average molecular weight is 529 g/mol. The summed E-state index contributed by atoms with van der Waals surface area (Å²) in [4.78, 5) is 17.1. The highest BCUT2D eigenvalue weighted by Crippen LogP contribution is 2.38. The number of ether oxygens (including phenoxy) is 3. The van der Waals surface area contributed by atoms with Crippen LogP contribution in [0, 0.1) is 6.92 Å². The van der Waals surface area contributed by atoms with E-state index in [1.165, 1.54) is 5.56 Å². The Kier molecular flexibility index (Phi) is 7.28. The van der Waals surface area contributed by atoms with Crippen molar-refractivity contribution in [2.75, 3.05) is 19.1 Å². The lowest BCUT2D eigenvalue weighted by Gasteiger charge is -2.29. The van der Waals surface area contributed by atoms with Crippen molar-refractivity contribution >= 4 is 22.7 Å². The lowest BCUT2D eigenvalue weighted by molar-refractivity contribution is 0.0509. The van der Waals surface area contributed by atoms with Gasteiger partial charge in [0.1, 0.15) is 17.1 Å². The number of para-hydroxylation sites is 2. The fourth-order valence-corrected chi connectivity index (χ4v) is 5.04. The van der Waals surface area contributed by atoms with Crippen molar-refractivity contribution in [1.82, 2.24) is 4.90 Å². The molecule has 0 saturated heterocycles. The van der Waals surface area contributed by atoms with Gasteiger partial charge in [0.15, 0.2) is 17.6 Å². The van der Waals surface area contributed by atoms with Gasteiger partial charge in [0, 0.05) is 30.5 Å². The van der Waals surface area contributed by atoms with Crippen molar-refractivity contribution in [3.05, 3.63) is 89.2 Å². The third-order valence-electron chi connectivity index (χ3n) is 6.81. The number of amides is 1. The minimum atomic E-state index is -0.621. The molecule has 7 nitrogen and oxygen atoms in total. The summed E-state index contributed by atoms with van der Waals surface area (Å²) >= 11 is 0. The number of rotatable bonds is 7. The Morgan fingerprint density at radius 3 is 2.49 bits per heavy atom. The van der Waals surface area contributed by atoms with Crippen LogP contribution in [0.3, 0.4) is 0 Å². The normalized spacial score (nSPS) is 15.1. The maximum Gasteiger partial charge on any atom is 0.417 e. The number of hydrogen-bond acceptors (Lipinski definition) is 6. The number of hydrogen-bond donors (Lipinski definition) is 0. The highest BCUT2D eigenvalue weighted by molar-refractivity contribution is 5.92. The van der Waals surface area contributed by atoms with Gasteiger partial charge < -0.3 is 18.6 Å². The second-order valence-electron chi connectivity index (χ2n) is 11.0. The molecule has 0 aliphatic carbocycles. The van der Waals surface area contributed by atoms with Crippen LogP contribution in [0.4, 0.5) is 10.5 Å². The van der Waals surface area contributed by atoms with E-state index in [9.17, 15) is 4.79 Å². The lowest BCUT2D eigenvalue weighted by Crippen LogP contribution is -2.44. The maximum absolute atomic E-state index is 13.2. The third kappa shape index (κ3) is 5.73. The van der Waals surface area contributed by atoms with E-state index in [0.29, 0.717) is 24.3 Å². The molecule has 0 N–H and O–H groups in total. The van der Waals surface area contributed by atoms with Crippen LogP contribution in [0.15, 0.2) is 71.1 Å². The smallest absolute Gasteiger partial charge is 0.417 e. The first-order chi connectivity index (χ1) is 18.6. The van der Waals surface area contributed by atoms with Crippen molar-refractivity contribution in [2.24, 2.45) is 0 Å². The number of benzene rings is 3. The Morgan fingerprint density at radius 1 is 1.03 bits per heavy atom. The van der Waals surface area contributed by atoms with Crippen LogP contribution < -0.4 is 14.4 Å². The van der Waals surface area contributed by atoms with Crippen molar-refractivity contribution in [3.63, 3.8) is 0 Å². The summed E-state index contributed by atoms with van der Waals surface area (Å²) < 4.78 is 23.8. The molecule has 1 atom stereocenters. The van der Waals surface area contributed by atoms with E-state index in [0.717, 1.165) is 40.3 Å². The molecule has 1 aliphatic rings. The molecule has 1 aromatic heterocycles. The molecule has 7 heteroatoms. The first-order valence-corrected chi connectivity index (χ1v) is 13.2. The Bertz CT molecular complexity index is 1470. The predicted molar refractivity (Wildman–Crippen MR) is 152 cm³/mol. The van der Waals surface area contributed by atoms with E-state index in [4.69, 9.17) is 18.6 Å². The highest BCUT2D eigenvalue weighted by atomic mass is 16.6. The first-order valence-electron chi connectivity index (χ1n) is 13.2. The van der Waals surface area contributed by atoms with E-state index >= 15 is 0 Å². The fraction of sp³-hybridized carbons (Fsp3) is 0.344. The lowest BCUT2D eigenvalue weighted by atomic mass is 10.1. The topological polar surface area (TPSA) is 64.4 Å². The number of furan rings is 1. The SMILES string of the molecule is COc1ccc(CN(C)Cc2c(C)oc3c(OC4Cc5ccccc5N4C(=O)OC(C)(C)C)cccc23)cc1. The molecule has 0 fully saturated rings. The second-order valence-corrected chi connectivity index (χ2v) is 11.0. The molecule has 0 bridgehead atoms. The summed E-state index contributed by atoms with van der Waals surface area (Å²) in [7, 11) is 3.77. The van der Waals surface area contributed by atoms with Gasteiger partial charge in [-0.3, -0.25) is 4.90 Å².